The Morgan fingerprint density at radius 1 is 1.10 bits per heavy atom. The molecule has 5 heteroatoms. The molecule has 2 aromatic carbocycles. The summed E-state index contributed by atoms with van der Waals surface area (Å²) in [6.45, 7) is 0.874. The molecule has 0 unspecified atom stereocenters. The number of carbonyl (C=O) groups is 2. The Bertz CT molecular complexity index is 708. The van der Waals surface area contributed by atoms with Crippen LogP contribution >= 0.6 is 0 Å². The number of nitrogens with one attached hydrogen (secondary N) is 1. The number of benzene rings is 2. The molecule has 21 heavy (non-hydrogen) atoms. The second-order valence-electron chi connectivity index (χ2n) is 4.77. The lowest BCUT2D eigenvalue weighted by atomic mass is 10.0. The molecule has 0 aromatic heterocycles. The van der Waals surface area contributed by atoms with Gasteiger partial charge in [-0.3, -0.25) is 9.59 Å². The van der Waals surface area contributed by atoms with Crippen LogP contribution in [0.5, 0.6) is 5.75 Å². The average Bonchev–Trinajstić information content (AvgIpc) is 2.69. The molecule has 5 nitrogen and oxygen atoms in total. The number of ketones is 1. The van der Waals surface area contributed by atoms with E-state index in [0.717, 1.165) is 0 Å². The van der Waals surface area contributed by atoms with E-state index in [2.05, 4.69) is 5.32 Å². The van der Waals surface area contributed by atoms with Crippen molar-refractivity contribution in [2.24, 2.45) is 0 Å². The standard InChI is InChI=1S/C16H14N2O3/c17-12-4-1-10(2-5-12)15(19)11-3-6-14-13(9-11)16(20)18-7-8-21-14/h1-6,9H,7-8,17H2,(H,18,20). The van der Waals surface area contributed by atoms with Gasteiger partial charge in [-0.25, -0.2) is 0 Å². The summed E-state index contributed by atoms with van der Waals surface area (Å²) in [6, 6.07) is 11.6. The summed E-state index contributed by atoms with van der Waals surface area (Å²) in [4.78, 5) is 24.4. The van der Waals surface area contributed by atoms with Crippen molar-refractivity contribution in [2.75, 3.05) is 18.9 Å². The molecule has 1 aliphatic heterocycles. The number of rotatable bonds is 2. The maximum atomic E-state index is 12.4. The first-order valence-electron chi connectivity index (χ1n) is 6.60. The first-order valence-corrected chi connectivity index (χ1v) is 6.60. The zero-order valence-electron chi connectivity index (χ0n) is 11.3. The van der Waals surface area contributed by atoms with Crippen molar-refractivity contribution in [1.29, 1.82) is 0 Å². The van der Waals surface area contributed by atoms with Crippen molar-refractivity contribution >= 4 is 17.4 Å². The van der Waals surface area contributed by atoms with Gasteiger partial charge >= 0.3 is 0 Å². The van der Waals surface area contributed by atoms with E-state index in [1.54, 1.807) is 42.5 Å². The van der Waals surface area contributed by atoms with E-state index in [4.69, 9.17) is 10.5 Å². The molecule has 0 radical (unpaired) electrons. The molecule has 0 saturated heterocycles. The maximum Gasteiger partial charge on any atom is 0.255 e. The van der Waals surface area contributed by atoms with Gasteiger partial charge in [-0.05, 0) is 42.5 Å². The highest BCUT2D eigenvalue weighted by Gasteiger charge is 2.19. The van der Waals surface area contributed by atoms with Gasteiger partial charge < -0.3 is 15.8 Å². The summed E-state index contributed by atoms with van der Waals surface area (Å²) in [5.74, 6) is 0.114. The van der Waals surface area contributed by atoms with Crippen molar-refractivity contribution in [3.05, 3.63) is 59.2 Å². The third kappa shape index (κ3) is 2.58. The van der Waals surface area contributed by atoms with Gasteiger partial charge in [0.05, 0.1) is 12.1 Å². The molecule has 0 fully saturated rings. The molecule has 1 aliphatic rings. The van der Waals surface area contributed by atoms with E-state index in [9.17, 15) is 9.59 Å². The largest absolute Gasteiger partial charge is 0.491 e. The summed E-state index contributed by atoms with van der Waals surface area (Å²) in [5, 5.41) is 2.72. The minimum absolute atomic E-state index is 0.158. The fourth-order valence-electron chi connectivity index (χ4n) is 2.20. The predicted octanol–water partition coefficient (Wildman–Crippen LogP) is 1.62. The molecular weight excluding hydrogens is 268 g/mol. The average molecular weight is 282 g/mol. The fourth-order valence-corrected chi connectivity index (χ4v) is 2.20. The zero-order chi connectivity index (χ0) is 14.8. The Labute approximate surface area is 121 Å². The lowest BCUT2D eigenvalue weighted by Crippen LogP contribution is -2.24. The highest BCUT2D eigenvalue weighted by Crippen LogP contribution is 2.23. The molecule has 0 spiro atoms. The van der Waals surface area contributed by atoms with Crippen LogP contribution in [-0.2, 0) is 0 Å². The SMILES string of the molecule is Nc1ccc(C(=O)c2ccc3c(c2)C(=O)NCCO3)cc1. The van der Waals surface area contributed by atoms with Gasteiger partial charge in [-0.1, -0.05) is 0 Å². The van der Waals surface area contributed by atoms with Crippen LogP contribution in [0.3, 0.4) is 0 Å². The van der Waals surface area contributed by atoms with Gasteiger partial charge in [0.2, 0.25) is 0 Å². The number of fused-ring (bicyclic) bond motifs is 1. The zero-order valence-corrected chi connectivity index (χ0v) is 11.3. The van der Waals surface area contributed by atoms with E-state index in [1.807, 2.05) is 0 Å². The van der Waals surface area contributed by atoms with Crippen LogP contribution in [-0.4, -0.2) is 24.8 Å². The Kier molecular flexibility index (Phi) is 3.31. The quantitative estimate of drug-likeness (QED) is 0.648. The van der Waals surface area contributed by atoms with E-state index in [1.165, 1.54) is 0 Å². The van der Waals surface area contributed by atoms with Crippen molar-refractivity contribution in [2.45, 2.75) is 0 Å². The Balaban J connectivity index is 1.98. The lowest BCUT2D eigenvalue weighted by Gasteiger charge is -2.08. The van der Waals surface area contributed by atoms with Gasteiger partial charge in [0.1, 0.15) is 12.4 Å². The van der Waals surface area contributed by atoms with Crippen molar-refractivity contribution < 1.29 is 14.3 Å². The minimum atomic E-state index is -0.227. The summed E-state index contributed by atoms with van der Waals surface area (Å²) in [5.41, 5.74) is 7.56. The van der Waals surface area contributed by atoms with Crippen LogP contribution in [0.2, 0.25) is 0 Å². The minimum Gasteiger partial charge on any atom is -0.491 e. The Morgan fingerprint density at radius 3 is 2.57 bits per heavy atom. The van der Waals surface area contributed by atoms with Crippen molar-refractivity contribution in [1.82, 2.24) is 5.32 Å². The van der Waals surface area contributed by atoms with Crippen LogP contribution in [0.4, 0.5) is 5.69 Å². The number of nitrogen functional groups attached to an aromatic ring is 1. The molecule has 0 atom stereocenters. The molecule has 3 N–H and O–H groups in total. The van der Waals surface area contributed by atoms with Gasteiger partial charge in [-0.2, -0.15) is 0 Å². The highest BCUT2D eigenvalue weighted by molar-refractivity contribution is 6.10. The number of nitrogens with two attached hydrogens (primary N) is 1. The second-order valence-corrected chi connectivity index (χ2v) is 4.77. The normalized spacial score (nSPS) is 13.6. The second kappa shape index (κ2) is 5.28. The van der Waals surface area contributed by atoms with Crippen LogP contribution in [0.25, 0.3) is 0 Å². The fraction of sp³-hybridized carbons (Fsp3) is 0.125. The maximum absolute atomic E-state index is 12.4. The predicted molar refractivity (Wildman–Crippen MR) is 78.6 cm³/mol. The molecular formula is C16H14N2O3. The summed E-state index contributed by atoms with van der Waals surface area (Å²) < 4.78 is 5.46. The van der Waals surface area contributed by atoms with Crippen LogP contribution < -0.4 is 15.8 Å². The monoisotopic (exact) mass is 282 g/mol. The Hall–Kier alpha value is -2.82. The van der Waals surface area contributed by atoms with E-state index >= 15 is 0 Å². The van der Waals surface area contributed by atoms with E-state index in [-0.39, 0.29) is 11.7 Å². The first-order chi connectivity index (χ1) is 10.1. The molecule has 1 amide bonds. The van der Waals surface area contributed by atoms with Crippen LogP contribution in [0.15, 0.2) is 42.5 Å². The lowest BCUT2D eigenvalue weighted by molar-refractivity contribution is 0.0957. The molecule has 106 valence electrons. The third-order valence-electron chi connectivity index (χ3n) is 3.30. The number of anilines is 1. The molecule has 0 saturated carbocycles. The number of hydrogen-bond acceptors (Lipinski definition) is 4. The molecule has 1 heterocycles. The number of carbonyl (C=O) groups excluding carboxylic acids is 2. The van der Waals surface area contributed by atoms with Crippen molar-refractivity contribution in [3.8, 4) is 5.75 Å². The topological polar surface area (TPSA) is 81.4 Å². The third-order valence-corrected chi connectivity index (χ3v) is 3.30. The van der Waals surface area contributed by atoms with E-state index < -0.39 is 0 Å². The van der Waals surface area contributed by atoms with Gasteiger partial charge in [0, 0.05) is 16.8 Å². The smallest absolute Gasteiger partial charge is 0.255 e. The number of amides is 1. The van der Waals surface area contributed by atoms with Gasteiger partial charge in [0.15, 0.2) is 5.78 Å². The number of ether oxygens (including phenoxy) is 1. The number of hydrogen-bond donors (Lipinski definition) is 2. The molecule has 0 aliphatic carbocycles. The summed E-state index contributed by atoms with van der Waals surface area (Å²) in [6.07, 6.45) is 0. The van der Waals surface area contributed by atoms with Gasteiger partial charge in [-0.15, -0.1) is 0 Å². The molecule has 3 rings (SSSR count). The summed E-state index contributed by atoms with van der Waals surface area (Å²) >= 11 is 0. The molecule has 2 aromatic rings. The van der Waals surface area contributed by atoms with Crippen molar-refractivity contribution in [3.63, 3.8) is 0 Å². The van der Waals surface area contributed by atoms with Crippen LogP contribution in [0, 0.1) is 0 Å². The molecule has 0 bridgehead atoms. The highest BCUT2D eigenvalue weighted by atomic mass is 16.5. The van der Waals surface area contributed by atoms with E-state index in [0.29, 0.717) is 41.3 Å². The Morgan fingerprint density at radius 2 is 1.81 bits per heavy atom. The first kappa shape index (κ1) is 13.2. The summed E-state index contributed by atoms with van der Waals surface area (Å²) in [7, 11) is 0. The van der Waals surface area contributed by atoms with Crippen LogP contribution in [0.1, 0.15) is 26.3 Å². The van der Waals surface area contributed by atoms with Gasteiger partial charge in [0.25, 0.3) is 5.91 Å².